The van der Waals surface area contributed by atoms with Crippen molar-refractivity contribution in [1.82, 2.24) is 4.90 Å². The largest absolute Gasteiger partial charge is 0.496 e. The number of methoxy groups -OCH3 is 1. The van der Waals surface area contributed by atoms with Crippen molar-refractivity contribution in [2.24, 2.45) is 17.6 Å². The predicted octanol–water partition coefficient (Wildman–Crippen LogP) is 5.19. The molecule has 3 atom stereocenters. The molecule has 29 heavy (non-hydrogen) atoms. The van der Waals surface area contributed by atoms with Gasteiger partial charge < -0.3 is 15.4 Å². The fraction of sp³-hybridized carbons (Fsp3) is 0.538. The number of fused-ring (bicyclic) bond motifs is 2. The number of hydrogen-bond donors (Lipinski definition) is 1. The van der Waals surface area contributed by atoms with E-state index < -0.39 is 0 Å². The lowest BCUT2D eigenvalue weighted by Gasteiger charge is -2.40. The molecule has 0 radical (unpaired) electrons. The molecular weight excluding hydrogens is 356 g/mol. The van der Waals surface area contributed by atoms with E-state index >= 15 is 0 Å². The molecule has 2 bridgehead atoms. The van der Waals surface area contributed by atoms with Crippen molar-refractivity contribution in [3.8, 4) is 16.9 Å². The van der Waals surface area contributed by atoms with Gasteiger partial charge in [-0.15, -0.1) is 0 Å². The van der Waals surface area contributed by atoms with Gasteiger partial charge >= 0.3 is 0 Å². The van der Waals surface area contributed by atoms with Crippen LogP contribution in [0.15, 0.2) is 42.5 Å². The van der Waals surface area contributed by atoms with Crippen LogP contribution in [0.4, 0.5) is 0 Å². The van der Waals surface area contributed by atoms with Crippen LogP contribution >= 0.6 is 0 Å². The normalized spacial score (nSPS) is 27.4. The number of benzene rings is 2. The van der Waals surface area contributed by atoms with Gasteiger partial charge in [0.1, 0.15) is 5.75 Å². The van der Waals surface area contributed by atoms with Crippen molar-refractivity contribution >= 4 is 0 Å². The maximum Gasteiger partial charge on any atom is 0.122 e. The van der Waals surface area contributed by atoms with E-state index in [0.717, 1.165) is 23.6 Å². The highest BCUT2D eigenvalue weighted by Gasteiger charge is 2.43. The highest BCUT2D eigenvalue weighted by Crippen LogP contribution is 2.48. The van der Waals surface area contributed by atoms with Crippen molar-refractivity contribution in [2.45, 2.75) is 57.0 Å². The summed E-state index contributed by atoms with van der Waals surface area (Å²) in [7, 11) is 1.80. The predicted molar refractivity (Wildman–Crippen MR) is 119 cm³/mol. The lowest BCUT2D eigenvalue weighted by atomic mass is 9.85. The quantitative estimate of drug-likeness (QED) is 0.764. The van der Waals surface area contributed by atoms with Crippen LogP contribution in [0.5, 0.6) is 5.75 Å². The monoisotopic (exact) mass is 390 g/mol. The van der Waals surface area contributed by atoms with Gasteiger partial charge in [0.25, 0.3) is 0 Å². The fourth-order valence-corrected chi connectivity index (χ4v) is 6.27. The Hall–Kier alpha value is -1.84. The van der Waals surface area contributed by atoms with Gasteiger partial charge in [0.05, 0.1) is 7.11 Å². The second-order valence-corrected chi connectivity index (χ2v) is 9.41. The van der Waals surface area contributed by atoms with Crippen molar-refractivity contribution in [3.63, 3.8) is 0 Å². The van der Waals surface area contributed by atoms with E-state index in [1.165, 1.54) is 73.9 Å². The Balaban J connectivity index is 1.32. The van der Waals surface area contributed by atoms with Crippen LogP contribution in [0.1, 0.15) is 55.6 Å². The molecule has 2 N–H and O–H groups in total. The van der Waals surface area contributed by atoms with Crippen LogP contribution in [0.2, 0.25) is 0 Å². The first-order chi connectivity index (χ1) is 14.2. The molecule has 0 amide bonds. The molecule has 3 aliphatic rings. The molecule has 0 spiro atoms. The van der Waals surface area contributed by atoms with Crippen LogP contribution in [-0.2, 0) is 6.54 Å². The van der Waals surface area contributed by atoms with Crippen molar-refractivity contribution in [1.29, 1.82) is 0 Å². The molecule has 3 fully saturated rings. The van der Waals surface area contributed by atoms with Gasteiger partial charge in [0.15, 0.2) is 0 Å². The van der Waals surface area contributed by atoms with Crippen LogP contribution < -0.4 is 10.5 Å². The standard InChI is InChI=1S/C26H34N2O/c1-29-26-9-8-22(20-5-2-18(17-27)3-6-20)16-24(26)21-10-12-28(13-11-21)25-15-19-4-7-23(25)14-19/h2-3,5-6,8-9,16,19,21,23,25H,4,7,10-15,17,27H2,1H3/t19-,23-,25?/m0/s1. The van der Waals surface area contributed by atoms with E-state index in [1.807, 2.05) is 0 Å². The summed E-state index contributed by atoms with van der Waals surface area (Å²) in [5.74, 6) is 3.67. The molecule has 2 aromatic carbocycles. The summed E-state index contributed by atoms with van der Waals surface area (Å²) in [4.78, 5) is 2.82. The summed E-state index contributed by atoms with van der Waals surface area (Å²) >= 11 is 0. The second kappa shape index (κ2) is 8.12. The first-order valence-electron chi connectivity index (χ1n) is 11.5. The minimum atomic E-state index is 0.593. The summed E-state index contributed by atoms with van der Waals surface area (Å²) in [5, 5.41) is 0. The van der Waals surface area contributed by atoms with Crippen LogP contribution in [0, 0.1) is 11.8 Å². The third-order valence-corrected chi connectivity index (χ3v) is 7.89. The van der Waals surface area contributed by atoms with E-state index in [9.17, 15) is 0 Å². The van der Waals surface area contributed by atoms with Gasteiger partial charge in [-0.05, 0) is 97.3 Å². The maximum atomic E-state index is 5.76. The van der Waals surface area contributed by atoms with E-state index in [-0.39, 0.29) is 0 Å². The fourth-order valence-electron chi connectivity index (χ4n) is 6.27. The molecule has 154 valence electrons. The number of hydrogen-bond acceptors (Lipinski definition) is 3. The van der Waals surface area contributed by atoms with Gasteiger partial charge in [-0.25, -0.2) is 0 Å². The van der Waals surface area contributed by atoms with Gasteiger partial charge in [0, 0.05) is 12.6 Å². The molecule has 1 unspecified atom stereocenters. The lowest BCUT2D eigenvalue weighted by Crippen LogP contribution is -2.43. The Morgan fingerprint density at radius 3 is 2.31 bits per heavy atom. The van der Waals surface area contributed by atoms with Crippen LogP contribution in [0.3, 0.4) is 0 Å². The van der Waals surface area contributed by atoms with Crippen LogP contribution in [-0.4, -0.2) is 31.1 Å². The number of piperidine rings is 1. The molecule has 0 aromatic heterocycles. The molecule has 2 aliphatic carbocycles. The zero-order chi connectivity index (χ0) is 19.8. The van der Waals surface area contributed by atoms with Gasteiger partial charge in [-0.1, -0.05) is 36.8 Å². The maximum absolute atomic E-state index is 5.76. The SMILES string of the molecule is COc1ccc(-c2ccc(CN)cc2)cc1C1CCN(C2C[C@H]3CC[C@H]2C3)CC1. The van der Waals surface area contributed by atoms with Gasteiger partial charge in [-0.2, -0.15) is 0 Å². The lowest BCUT2D eigenvalue weighted by molar-refractivity contribution is 0.110. The molecule has 3 nitrogen and oxygen atoms in total. The first-order valence-corrected chi connectivity index (χ1v) is 11.5. The third-order valence-electron chi connectivity index (χ3n) is 7.89. The Bertz CT molecular complexity index is 838. The van der Waals surface area contributed by atoms with Crippen LogP contribution in [0.25, 0.3) is 11.1 Å². The average molecular weight is 391 g/mol. The highest BCUT2D eigenvalue weighted by atomic mass is 16.5. The topological polar surface area (TPSA) is 38.5 Å². The zero-order valence-corrected chi connectivity index (χ0v) is 17.6. The number of nitrogens with two attached hydrogens (primary N) is 1. The minimum absolute atomic E-state index is 0.593. The van der Waals surface area contributed by atoms with E-state index in [0.29, 0.717) is 12.5 Å². The van der Waals surface area contributed by atoms with Crippen molar-refractivity contribution in [3.05, 3.63) is 53.6 Å². The summed E-state index contributed by atoms with van der Waals surface area (Å²) in [6.07, 6.45) is 8.44. The number of likely N-dealkylation sites (tertiary alicyclic amines) is 1. The zero-order valence-electron chi connectivity index (χ0n) is 17.6. The molecule has 5 rings (SSSR count). The first kappa shape index (κ1) is 19.1. The molecule has 1 aliphatic heterocycles. The third kappa shape index (κ3) is 3.71. The van der Waals surface area contributed by atoms with E-state index in [1.54, 1.807) is 7.11 Å². The molecule has 2 saturated carbocycles. The molecule has 3 heteroatoms. The van der Waals surface area contributed by atoms with E-state index in [2.05, 4.69) is 47.4 Å². The number of ether oxygens (including phenoxy) is 1. The molecular formula is C26H34N2O. The summed E-state index contributed by atoms with van der Waals surface area (Å²) in [6.45, 7) is 3.09. The Kier molecular flexibility index (Phi) is 5.36. The van der Waals surface area contributed by atoms with Crippen molar-refractivity contribution in [2.75, 3.05) is 20.2 Å². The minimum Gasteiger partial charge on any atom is -0.496 e. The van der Waals surface area contributed by atoms with Gasteiger partial charge in [-0.3, -0.25) is 0 Å². The van der Waals surface area contributed by atoms with Crippen molar-refractivity contribution < 1.29 is 4.74 Å². The van der Waals surface area contributed by atoms with Gasteiger partial charge in [0.2, 0.25) is 0 Å². The number of nitrogens with zero attached hydrogens (tertiary/aromatic N) is 1. The smallest absolute Gasteiger partial charge is 0.122 e. The highest BCUT2D eigenvalue weighted by molar-refractivity contribution is 5.66. The average Bonchev–Trinajstić information content (AvgIpc) is 3.43. The van der Waals surface area contributed by atoms with E-state index in [4.69, 9.17) is 10.5 Å². The molecule has 2 aromatic rings. The Morgan fingerprint density at radius 2 is 1.69 bits per heavy atom. The number of rotatable bonds is 5. The molecule has 1 heterocycles. The Morgan fingerprint density at radius 1 is 0.931 bits per heavy atom. The molecule has 1 saturated heterocycles. The Labute approximate surface area is 175 Å². The second-order valence-electron chi connectivity index (χ2n) is 9.41. The summed E-state index contributed by atoms with van der Waals surface area (Å²) < 4.78 is 5.76. The summed E-state index contributed by atoms with van der Waals surface area (Å²) in [5.41, 5.74) is 10.9. The summed E-state index contributed by atoms with van der Waals surface area (Å²) in [6, 6.07) is 16.2.